The third kappa shape index (κ3) is 2.41. The van der Waals surface area contributed by atoms with E-state index in [1.165, 1.54) is 6.33 Å². The van der Waals surface area contributed by atoms with Gasteiger partial charge < -0.3 is 14.8 Å². The van der Waals surface area contributed by atoms with Gasteiger partial charge in [0.15, 0.2) is 0 Å². The Morgan fingerprint density at radius 2 is 2.31 bits per heavy atom. The van der Waals surface area contributed by atoms with E-state index in [9.17, 15) is 4.79 Å². The summed E-state index contributed by atoms with van der Waals surface area (Å²) in [5.41, 5.74) is -0.0881. The minimum Gasteiger partial charge on any atom is -0.352 e. The molecule has 1 N–H and O–H groups in total. The Morgan fingerprint density at radius 1 is 1.50 bits per heavy atom. The topological polar surface area (TPSA) is 52.2 Å². The smallest absolute Gasteiger partial charge is 0.252 e. The molecule has 1 fully saturated rings. The van der Waals surface area contributed by atoms with Crippen LogP contribution >= 0.6 is 0 Å². The lowest BCUT2D eigenvalue weighted by Gasteiger charge is -2.28. The van der Waals surface area contributed by atoms with Gasteiger partial charge in [-0.05, 0) is 26.9 Å². The van der Waals surface area contributed by atoms with Crippen molar-refractivity contribution in [1.82, 2.24) is 14.9 Å². The van der Waals surface area contributed by atoms with Crippen LogP contribution in [0.15, 0.2) is 17.2 Å². The van der Waals surface area contributed by atoms with Crippen molar-refractivity contribution in [1.29, 1.82) is 0 Å². The highest BCUT2D eigenvalue weighted by Gasteiger charge is 2.20. The van der Waals surface area contributed by atoms with E-state index in [2.05, 4.69) is 33.7 Å². The van der Waals surface area contributed by atoms with Crippen LogP contribution in [0.1, 0.15) is 13.3 Å². The second-order valence-corrected chi connectivity index (χ2v) is 4.43. The molecule has 2 heterocycles. The van der Waals surface area contributed by atoms with Gasteiger partial charge in [0.1, 0.15) is 5.82 Å². The lowest BCUT2D eigenvalue weighted by Crippen LogP contribution is -2.38. The molecule has 0 aromatic carbocycles. The maximum atomic E-state index is 11.3. The second-order valence-electron chi connectivity index (χ2n) is 4.43. The van der Waals surface area contributed by atoms with Gasteiger partial charge in [-0.1, -0.05) is 0 Å². The number of hydrogen-bond acceptors (Lipinski definition) is 4. The molecule has 1 saturated heterocycles. The Balaban J connectivity index is 2.22. The summed E-state index contributed by atoms with van der Waals surface area (Å²) in [4.78, 5) is 22.6. The zero-order chi connectivity index (χ0) is 11.5. The van der Waals surface area contributed by atoms with E-state index in [0.29, 0.717) is 6.04 Å². The average molecular weight is 222 g/mol. The first-order valence-corrected chi connectivity index (χ1v) is 5.67. The molecule has 0 spiro atoms. The molecule has 0 saturated carbocycles. The van der Waals surface area contributed by atoms with Gasteiger partial charge in [-0.15, -0.1) is 0 Å². The Morgan fingerprint density at radius 3 is 3.06 bits per heavy atom. The predicted octanol–water partition coefficient (Wildman–Crippen LogP) is 0.300. The first-order valence-electron chi connectivity index (χ1n) is 5.67. The van der Waals surface area contributed by atoms with Gasteiger partial charge in [0.25, 0.3) is 5.56 Å². The summed E-state index contributed by atoms with van der Waals surface area (Å²) in [6, 6.07) is 1.96. The van der Waals surface area contributed by atoms with Crippen molar-refractivity contribution in [2.45, 2.75) is 19.4 Å². The first-order chi connectivity index (χ1) is 7.66. The van der Waals surface area contributed by atoms with Gasteiger partial charge >= 0.3 is 0 Å². The van der Waals surface area contributed by atoms with Crippen LogP contribution in [0.25, 0.3) is 0 Å². The number of rotatable bonds is 1. The number of H-pyrrole nitrogens is 1. The number of anilines is 1. The molecule has 0 aliphatic carbocycles. The van der Waals surface area contributed by atoms with E-state index in [4.69, 9.17) is 0 Å². The molecule has 0 radical (unpaired) electrons. The van der Waals surface area contributed by atoms with E-state index in [1.807, 2.05) is 0 Å². The summed E-state index contributed by atoms with van der Waals surface area (Å²) in [7, 11) is 2.13. The maximum absolute atomic E-state index is 11.3. The van der Waals surface area contributed by atoms with Gasteiger partial charge in [-0.3, -0.25) is 4.79 Å². The molecule has 1 atom stereocenters. The predicted molar refractivity (Wildman–Crippen MR) is 63.8 cm³/mol. The van der Waals surface area contributed by atoms with Crippen LogP contribution in [0.4, 0.5) is 5.82 Å². The van der Waals surface area contributed by atoms with Gasteiger partial charge in [-0.25, -0.2) is 4.98 Å². The second kappa shape index (κ2) is 4.65. The zero-order valence-electron chi connectivity index (χ0n) is 9.81. The quantitative estimate of drug-likeness (QED) is 0.742. The Labute approximate surface area is 95.1 Å². The number of nitrogens with one attached hydrogen (secondary N) is 1. The number of aromatic nitrogens is 2. The zero-order valence-corrected chi connectivity index (χ0v) is 9.81. The molecule has 1 aromatic heterocycles. The Bertz CT molecular complexity index is 403. The monoisotopic (exact) mass is 222 g/mol. The largest absolute Gasteiger partial charge is 0.352 e. The van der Waals surface area contributed by atoms with Gasteiger partial charge in [0.05, 0.1) is 6.33 Å². The van der Waals surface area contributed by atoms with Crippen LogP contribution in [0.3, 0.4) is 0 Å². The van der Waals surface area contributed by atoms with Crippen molar-refractivity contribution in [3.8, 4) is 0 Å². The SMILES string of the molecule is CC1CN(C)CCCN1c1cc(=O)[nH]cn1. The van der Waals surface area contributed by atoms with Crippen molar-refractivity contribution < 1.29 is 0 Å². The highest BCUT2D eigenvalue weighted by Crippen LogP contribution is 2.15. The van der Waals surface area contributed by atoms with E-state index in [1.54, 1.807) is 6.07 Å². The molecule has 2 rings (SSSR count). The molecule has 16 heavy (non-hydrogen) atoms. The van der Waals surface area contributed by atoms with Gasteiger partial charge in [-0.2, -0.15) is 0 Å². The molecule has 1 aliphatic heterocycles. The fraction of sp³-hybridized carbons (Fsp3) is 0.636. The molecule has 0 bridgehead atoms. The van der Waals surface area contributed by atoms with Crippen molar-refractivity contribution in [2.75, 3.05) is 31.6 Å². The summed E-state index contributed by atoms with van der Waals surface area (Å²) in [5.74, 6) is 0.784. The fourth-order valence-corrected chi connectivity index (χ4v) is 2.23. The molecule has 5 heteroatoms. The maximum Gasteiger partial charge on any atom is 0.252 e. The van der Waals surface area contributed by atoms with Crippen LogP contribution in [-0.4, -0.2) is 47.6 Å². The molecule has 88 valence electrons. The van der Waals surface area contributed by atoms with Crippen LogP contribution in [0, 0.1) is 0 Å². The van der Waals surface area contributed by atoms with E-state index >= 15 is 0 Å². The normalized spacial score (nSPS) is 23.1. The van der Waals surface area contributed by atoms with Crippen molar-refractivity contribution >= 4 is 5.82 Å². The minimum absolute atomic E-state index is 0.0881. The lowest BCUT2D eigenvalue weighted by molar-refractivity contribution is 0.337. The summed E-state index contributed by atoms with van der Waals surface area (Å²) in [6.07, 6.45) is 2.58. The molecule has 0 amide bonds. The fourth-order valence-electron chi connectivity index (χ4n) is 2.23. The standard InChI is InChI=1S/C11H18N4O/c1-9-7-14(2)4-3-5-15(9)10-6-11(16)13-8-12-10/h6,8-9H,3-5,7H2,1-2H3,(H,12,13,16). The van der Waals surface area contributed by atoms with E-state index in [0.717, 1.165) is 31.9 Å². The first kappa shape index (κ1) is 11.1. The summed E-state index contributed by atoms with van der Waals surface area (Å²) in [6.45, 7) is 5.24. The molecule has 5 nitrogen and oxygen atoms in total. The number of likely N-dealkylation sites (N-methyl/N-ethyl adjacent to an activating group) is 1. The molecule has 1 aliphatic rings. The van der Waals surface area contributed by atoms with Crippen LogP contribution < -0.4 is 10.5 Å². The third-order valence-corrected chi connectivity index (χ3v) is 3.00. The molecule has 1 aromatic rings. The van der Waals surface area contributed by atoms with E-state index < -0.39 is 0 Å². The van der Waals surface area contributed by atoms with Gasteiger partial charge in [0, 0.05) is 25.2 Å². The Kier molecular flexibility index (Phi) is 3.24. The number of aromatic amines is 1. The average Bonchev–Trinajstić information content (AvgIpc) is 2.39. The van der Waals surface area contributed by atoms with Crippen LogP contribution in [-0.2, 0) is 0 Å². The van der Waals surface area contributed by atoms with Crippen molar-refractivity contribution in [2.24, 2.45) is 0 Å². The summed E-state index contributed by atoms with van der Waals surface area (Å²) >= 11 is 0. The minimum atomic E-state index is -0.0881. The molecular weight excluding hydrogens is 204 g/mol. The third-order valence-electron chi connectivity index (χ3n) is 3.00. The van der Waals surface area contributed by atoms with Crippen LogP contribution in [0.2, 0.25) is 0 Å². The Hall–Kier alpha value is -1.36. The number of hydrogen-bond donors (Lipinski definition) is 1. The van der Waals surface area contributed by atoms with Crippen molar-refractivity contribution in [3.63, 3.8) is 0 Å². The lowest BCUT2D eigenvalue weighted by atomic mass is 10.2. The summed E-state index contributed by atoms with van der Waals surface area (Å²) in [5, 5.41) is 0. The van der Waals surface area contributed by atoms with Gasteiger partial charge in [0.2, 0.25) is 0 Å². The molecular formula is C11H18N4O. The van der Waals surface area contributed by atoms with E-state index in [-0.39, 0.29) is 5.56 Å². The highest BCUT2D eigenvalue weighted by atomic mass is 16.1. The van der Waals surface area contributed by atoms with Crippen LogP contribution in [0.5, 0.6) is 0 Å². The van der Waals surface area contributed by atoms with Crippen molar-refractivity contribution in [3.05, 3.63) is 22.7 Å². The molecule has 1 unspecified atom stereocenters. The number of nitrogens with zero attached hydrogens (tertiary/aromatic N) is 3. The summed E-state index contributed by atoms with van der Waals surface area (Å²) < 4.78 is 0. The highest BCUT2D eigenvalue weighted by molar-refractivity contribution is 5.38.